The molecule has 0 bridgehead atoms. The molecule has 30 valence electrons. The van der Waals surface area contributed by atoms with E-state index in [9.17, 15) is 0 Å². The van der Waals surface area contributed by atoms with Crippen LogP contribution in [0.25, 0.3) is 0 Å². The molecule has 0 aliphatic carbocycles. The maximum absolute atomic E-state index is 3.75. The van der Waals surface area contributed by atoms with Gasteiger partial charge in [-0.15, -0.1) is 0 Å². The lowest BCUT2D eigenvalue weighted by Crippen LogP contribution is -1.82. The minimum absolute atomic E-state index is 1.09. The lowest BCUT2D eigenvalue weighted by molar-refractivity contribution is 1.11. The van der Waals surface area contributed by atoms with E-state index in [4.69, 9.17) is 0 Å². The van der Waals surface area contributed by atoms with E-state index in [2.05, 4.69) is 10.5 Å². The molecular weight excluding hydrogens is 74.1 g/mol. The minimum atomic E-state index is 1.09. The second kappa shape index (κ2) is 1.61. The van der Waals surface area contributed by atoms with Crippen molar-refractivity contribution in [2.75, 3.05) is 0 Å². The maximum atomic E-state index is 3.75. The summed E-state index contributed by atoms with van der Waals surface area (Å²) in [6.07, 6.45) is 6.02. The second-order valence-electron chi connectivity index (χ2n) is 1.22. The zero-order chi connectivity index (χ0) is 4.24. The van der Waals surface area contributed by atoms with Crippen molar-refractivity contribution in [2.45, 2.75) is 12.8 Å². The number of rotatable bonds is 0. The summed E-state index contributed by atoms with van der Waals surface area (Å²) in [7, 11) is 0. The van der Waals surface area contributed by atoms with Crippen molar-refractivity contribution in [1.82, 2.24) is 4.67 Å². The highest BCUT2D eigenvalue weighted by atomic mass is 14.5. The first kappa shape index (κ1) is 3.42. The molecule has 0 saturated heterocycles. The third-order valence-electron chi connectivity index (χ3n) is 0.697. The average Bonchev–Trinajstić information content (AvgIpc) is 1.72. The van der Waals surface area contributed by atoms with E-state index in [0.29, 0.717) is 0 Å². The predicted molar refractivity (Wildman–Crippen MR) is 27.0 cm³/mol. The molecule has 0 fully saturated rings. The zero-order valence-corrected chi connectivity index (χ0v) is 3.52. The fourth-order valence-electron chi connectivity index (χ4n) is 0.392. The summed E-state index contributed by atoms with van der Waals surface area (Å²) in [6, 6.07) is 0. The molecule has 0 aromatic carbocycles. The smallest absolute Gasteiger partial charge is 0.0441 e. The first-order chi connectivity index (χ1) is 3.00. The first-order valence-electron chi connectivity index (χ1n) is 2.09. The van der Waals surface area contributed by atoms with Crippen LogP contribution in [0, 0.1) is 0 Å². The second-order valence-corrected chi connectivity index (χ2v) is 1.22. The van der Waals surface area contributed by atoms with Crippen LogP contribution in [-0.2, 0) is 0 Å². The van der Waals surface area contributed by atoms with Crippen LogP contribution in [0.3, 0.4) is 0 Å². The van der Waals surface area contributed by atoms with Crippen LogP contribution in [0.4, 0.5) is 0 Å². The Bertz CT molecular complexity index is 107. The van der Waals surface area contributed by atoms with Gasteiger partial charge in [0, 0.05) is 12.5 Å². The van der Waals surface area contributed by atoms with E-state index < -0.39 is 0 Å². The standard InChI is InChI=1S/C5H6N/c1-2-4-6-5-3-1/h2,5H,1,3H2/q+1. The Balaban J connectivity index is 2.88. The predicted octanol–water partition coefficient (Wildman–Crippen LogP) is 0.144. The molecule has 1 aliphatic heterocycles. The number of nitrogens with zero attached hydrogens (tertiary/aromatic N) is 1. The third kappa shape index (κ3) is 0.587. The van der Waals surface area contributed by atoms with Crippen molar-refractivity contribution in [1.29, 1.82) is 0 Å². The largest absolute Gasteiger partial charge is 0.306 e. The molecule has 0 spiro atoms. The van der Waals surface area contributed by atoms with Crippen molar-refractivity contribution in [3.8, 4) is 0 Å². The van der Waals surface area contributed by atoms with Gasteiger partial charge >= 0.3 is 5.87 Å². The van der Waals surface area contributed by atoms with Crippen LogP contribution in [0.2, 0.25) is 0 Å². The van der Waals surface area contributed by atoms with Gasteiger partial charge in [0.05, 0.1) is 0 Å². The summed E-state index contributed by atoms with van der Waals surface area (Å²) in [4.78, 5) is 0. The Hall–Kier alpha value is -0.770. The highest BCUT2D eigenvalue weighted by Gasteiger charge is 1.86. The van der Waals surface area contributed by atoms with E-state index in [1.807, 2.05) is 12.3 Å². The van der Waals surface area contributed by atoms with Gasteiger partial charge in [-0.25, -0.2) is 0 Å². The lowest BCUT2D eigenvalue weighted by Gasteiger charge is -1.69. The molecule has 0 aromatic heterocycles. The van der Waals surface area contributed by atoms with Gasteiger partial charge in [0.2, 0.25) is 0 Å². The normalized spacial score (nSPS) is 16.0. The zero-order valence-electron chi connectivity index (χ0n) is 3.52. The Morgan fingerprint density at radius 3 is 2.67 bits per heavy atom. The van der Waals surface area contributed by atoms with Gasteiger partial charge in [-0.2, -0.15) is 0 Å². The van der Waals surface area contributed by atoms with Crippen molar-refractivity contribution in [2.24, 2.45) is 0 Å². The number of hydrogen-bond acceptors (Lipinski definition) is 0. The van der Waals surface area contributed by atoms with Crippen LogP contribution >= 0.6 is 0 Å². The Morgan fingerprint density at radius 2 is 2.50 bits per heavy atom. The quantitative estimate of drug-likeness (QED) is 0.367. The van der Waals surface area contributed by atoms with Crippen LogP contribution in [-0.4, -0.2) is 12.1 Å². The molecule has 0 N–H and O–H groups in total. The molecule has 1 nitrogen and oxygen atoms in total. The van der Waals surface area contributed by atoms with Gasteiger partial charge in [0.25, 0.3) is 6.21 Å². The Labute approximate surface area is 36.7 Å². The highest BCUT2D eigenvalue weighted by Crippen LogP contribution is 1.81. The molecule has 0 amide bonds. The summed E-state index contributed by atoms with van der Waals surface area (Å²) >= 11 is 0. The van der Waals surface area contributed by atoms with Gasteiger partial charge in [-0.3, -0.25) is 0 Å². The van der Waals surface area contributed by atoms with E-state index >= 15 is 0 Å². The van der Waals surface area contributed by atoms with E-state index in [0.717, 1.165) is 12.8 Å². The molecule has 6 heavy (non-hydrogen) atoms. The Morgan fingerprint density at radius 1 is 1.50 bits per heavy atom. The molecule has 0 unspecified atom stereocenters. The van der Waals surface area contributed by atoms with Crippen LogP contribution in [0.1, 0.15) is 12.8 Å². The summed E-state index contributed by atoms with van der Waals surface area (Å²) in [6.45, 7) is 0. The topological polar surface area (TPSA) is 14.1 Å². The third-order valence-corrected chi connectivity index (χ3v) is 0.697. The molecule has 1 aliphatic rings. The molecule has 1 heteroatoms. The van der Waals surface area contributed by atoms with E-state index in [1.54, 1.807) is 0 Å². The van der Waals surface area contributed by atoms with Crippen molar-refractivity contribution < 1.29 is 0 Å². The fourth-order valence-corrected chi connectivity index (χ4v) is 0.392. The molecule has 1 rings (SSSR count). The average molecular weight is 80.1 g/mol. The number of allylic oxidation sites excluding steroid dienone is 1. The van der Waals surface area contributed by atoms with E-state index in [1.165, 1.54) is 0 Å². The first-order valence-corrected chi connectivity index (χ1v) is 2.09. The monoisotopic (exact) mass is 80.0 g/mol. The van der Waals surface area contributed by atoms with Gasteiger partial charge in [0.1, 0.15) is 0 Å². The lowest BCUT2D eigenvalue weighted by atomic mass is 10.3. The van der Waals surface area contributed by atoms with Crippen molar-refractivity contribution in [3.05, 3.63) is 6.08 Å². The van der Waals surface area contributed by atoms with Crippen LogP contribution in [0.5, 0.6) is 0 Å². The van der Waals surface area contributed by atoms with E-state index in [-0.39, 0.29) is 0 Å². The van der Waals surface area contributed by atoms with Crippen molar-refractivity contribution in [3.63, 3.8) is 0 Å². The van der Waals surface area contributed by atoms with Crippen LogP contribution in [0.15, 0.2) is 6.08 Å². The summed E-state index contributed by atoms with van der Waals surface area (Å²) in [5, 5.41) is 0. The van der Waals surface area contributed by atoms with Crippen LogP contribution < -0.4 is 4.67 Å². The molecule has 0 aromatic rings. The number of hydrogen-bond donors (Lipinski definition) is 0. The molecule has 0 radical (unpaired) electrons. The summed E-state index contributed by atoms with van der Waals surface area (Å²) in [5.74, 6) is 2.73. The molecule has 1 heterocycles. The van der Waals surface area contributed by atoms with Crippen molar-refractivity contribution >= 4 is 12.1 Å². The fraction of sp³-hybridized carbons (Fsp3) is 0.400. The highest BCUT2D eigenvalue weighted by molar-refractivity contribution is 5.66. The molecular formula is C5H6N+. The SMILES string of the molecule is C1=CCCC=[N+]=1. The summed E-state index contributed by atoms with van der Waals surface area (Å²) in [5.41, 5.74) is 0. The Kier molecular flexibility index (Phi) is 0.920. The maximum Gasteiger partial charge on any atom is 0.306 e. The molecule has 0 atom stereocenters. The minimum Gasteiger partial charge on any atom is -0.0441 e. The van der Waals surface area contributed by atoms with Gasteiger partial charge in [-0.05, 0) is 11.1 Å². The van der Waals surface area contributed by atoms with Gasteiger partial charge in [-0.1, -0.05) is 0 Å². The molecule has 0 saturated carbocycles. The van der Waals surface area contributed by atoms with Gasteiger partial charge < -0.3 is 0 Å². The van der Waals surface area contributed by atoms with Gasteiger partial charge in [0.15, 0.2) is 0 Å². The summed E-state index contributed by atoms with van der Waals surface area (Å²) < 4.78 is 3.75.